The number of ketones is 1. The molecule has 1 aliphatic carbocycles. The topological polar surface area (TPSA) is 60.2 Å². The Labute approximate surface area is 143 Å². The maximum atomic E-state index is 12.1. The molecule has 2 rings (SSSR count). The van der Waals surface area contributed by atoms with Crippen molar-refractivity contribution in [2.24, 2.45) is 11.3 Å². The highest BCUT2D eigenvalue weighted by molar-refractivity contribution is 5.93. The van der Waals surface area contributed by atoms with Crippen molar-refractivity contribution in [2.45, 2.75) is 46.5 Å². The molecule has 1 unspecified atom stereocenters. The van der Waals surface area contributed by atoms with Crippen LogP contribution in [0.15, 0.2) is 42.0 Å². The number of rotatable bonds is 6. The first-order chi connectivity index (χ1) is 11.3. The summed E-state index contributed by atoms with van der Waals surface area (Å²) in [5.74, 6) is 0.561. The van der Waals surface area contributed by atoms with E-state index in [0.717, 1.165) is 18.4 Å². The molecule has 4 heteroatoms. The minimum Gasteiger partial charge on any atom is -0.295 e. The van der Waals surface area contributed by atoms with Crippen LogP contribution in [0.1, 0.15) is 52.0 Å². The van der Waals surface area contributed by atoms with Crippen molar-refractivity contribution in [1.29, 1.82) is 0 Å². The second-order valence-electron chi connectivity index (χ2n) is 7.21. The molecule has 0 aromatic heterocycles. The first-order valence-electron chi connectivity index (χ1n) is 8.41. The molecule has 0 N–H and O–H groups in total. The third kappa shape index (κ3) is 4.63. The molecule has 128 valence electrons. The Hall–Kier alpha value is -2.23. The van der Waals surface area contributed by atoms with E-state index in [1.54, 1.807) is 24.3 Å². The van der Waals surface area contributed by atoms with Gasteiger partial charge in [0.25, 0.3) is 5.69 Å². The van der Waals surface area contributed by atoms with Gasteiger partial charge in [0.2, 0.25) is 0 Å². The molecular weight excluding hydrogens is 302 g/mol. The zero-order valence-corrected chi connectivity index (χ0v) is 14.6. The molecule has 0 spiro atoms. The van der Waals surface area contributed by atoms with Crippen LogP contribution < -0.4 is 0 Å². The fourth-order valence-electron chi connectivity index (χ4n) is 3.49. The van der Waals surface area contributed by atoms with Crippen LogP contribution in [-0.2, 0) is 4.79 Å². The first kappa shape index (κ1) is 18.1. The third-order valence-electron chi connectivity index (χ3n) is 4.99. The maximum absolute atomic E-state index is 12.1. The van der Waals surface area contributed by atoms with E-state index in [2.05, 4.69) is 26.8 Å². The smallest absolute Gasteiger partial charge is 0.269 e. The molecule has 1 aliphatic rings. The normalized spacial score (nSPS) is 20.0. The number of hydrogen-bond acceptors (Lipinski definition) is 3. The van der Waals surface area contributed by atoms with Gasteiger partial charge in [0.15, 0.2) is 5.78 Å². The molecule has 0 radical (unpaired) electrons. The number of nitro benzene ring substituents is 1. The number of nitro groups is 1. The summed E-state index contributed by atoms with van der Waals surface area (Å²) in [5.41, 5.74) is 2.50. The summed E-state index contributed by atoms with van der Waals surface area (Å²) in [4.78, 5) is 22.3. The van der Waals surface area contributed by atoms with Crippen LogP contribution in [0, 0.1) is 21.4 Å². The van der Waals surface area contributed by atoms with E-state index in [1.807, 2.05) is 0 Å². The molecule has 4 nitrogen and oxygen atoms in total. The minimum atomic E-state index is -0.430. The highest BCUT2D eigenvalue weighted by atomic mass is 16.6. The molecule has 0 fully saturated rings. The van der Waals surface area contributed by atoms with Crippen LogP contribution >= 0.6 is 0 Å². The van der Waals surface area contributed by atoms with Gasteiger partial charge >= 0.3 is 0 Å². The predicted octanol–water partition coefficient (Wildman–Crippen LogP) is 5.34. The maximum Gasteiger partial charge on any atom is 0.269 e. The standard InChI is InChI=1S/C20H25NO3/c1-15-5-4-14-20(2,3)19(15)13-12-18(22)11-8-16-6-9-17(10-7-16)21(23)24/h5-11,19H,4,12-14H2,1-3H3/b11-8+. The first-order valence-corrected chi connectivity index (χ1v) is 8.41. The van der Waals surface area contributed by atoms with Gasteiger partial charge in [0.1, 0.15) is 0 Å². The van der Waals surface area contributed by atoms with Gasteiger partial charge in [-0.15, -0.1) is 0 Å². The number of hydrogen-bond donors (Lipinski definition) is 0. The summed E-state index contributed by atoms with van der Waals surface area (Å²) >= 11 is 0. The second kappa shape index (κ2) is 7.56. The van der Waals surface area contributed by atoms with Crippen molar-refractivity contribution in [3.05, 3.63) is 57.7 Å². The molecule has 0 amide bonds. The van der Waals surface area contributed by atoms with Gasteiger partial charge in [-0.25, -0.2) is 0 Å². The van der Waals surface area contributed by atoms with Crippen LogP contribution in [0.4, 0.5) is 5.69 Å². The van der Waals surface area contributed by atoms with Crippen LogP contribution in [0.2, 0.25) is 0 Å². The van der Waals surface area contributed by atoms with Crippen LogP contribution in [0.5, 0.6) is 0 Å². The van der Waals surface area contributed by atoms with Gasteiger partial charge in [0, 0.05) is 18.6 Å². The Morgan fingerprint density at radius 3 is 2.58 bits per heavy atom. The molecular formula is C20H25NO3. The lowest BCUT2D eigenvalue weighted by Gasteiger charge is -2.38. The number of nitrogens with zero attached hydrogens (tertiary/aromatic N) is 1. The number of carbonyl (C=O) groups excluding carboxylic acids is 1. The molecule has 0 bridgehead atoms. The number of benzene rings is 1. The molecule has 0 saturated heterocycles. The Bertz CT molecular complexity index is 669. The largest absolute Gasteiger partial charge is 0.295 e. The molecule has 0 aliphatic heterocycles. The lowest BCUT2D eigenvalue weighted by Crippen LogP contribution is -2.28. The summed E-state index contributed by atoms with van der Waals surface area (Å²) < 4.78 is 0. The molecule has 1 aromatic carbocycles. The Kier molecular flexibility index (Phi) is 5.71. The van der Waals surface area contributed by atoms with Gasteiger partial charge in [-0.2, -0.15) is 0 Å². The van der Waals surface area contributed by atoms with E-state index >= 15 is 0 Å². The fraction of sp³-hybridized carbons (Fsp3) is 0.450. The van der Waals surface area contributed by atoms with Crippen molar-refractivity contribution >= 4 is 17.5 Å². The van der Waals surface area contributed by atoms with E-state index in [9.17, 15) is 14.9 Å². The highest BCUT2D eigenvalue weighted by Crippen LogP contribution is 2.43. The van der Waals surface area contributed by atoms with Crippen LogP contribution in [0.3, 0.4) is 0 Å². The number of non-ortho nitro benzene ring substituents is 1. The molecule has 1 atom stereocenters. The van der Waals surface area contributed by atoms with Crippen molar-refractivity contribution in [1.82, 2.24) is 0 Å². The third-order valence-corrected chi connectivity index (χ3v) is 4.99. The Morgan fingerprint density at radius 1 is 1.33 bits per heavy atom. The average molecular weight is 327 g/mol. The monoisotopic (exact) mass is 327 g/mol. The van der Waals surface area contributed by atoms with Gasteiger partial charge in [-0.1, -0.05) is 31.6 Å². The fourth-order valence-corrected chi connectivity index (χ4v) is 3.49. The number of carbonyl (C=O) groups is 1. The lowest BCUT2D eigenvalue weighted by atomic mass is 9.67. The van der Waals surface area contributed by atoms with Gasteiger partial charge in [-0.3, -0.25) is 14.9 Å². The lowest BCUT2D eigenvalue weighted by molar-refractivity contribution is -0.384. The van der Waals surface area contributed by atoms with E-state index < -0.39 is 4.92 Å². The Balaban J connectivity index is 1.92. The average Bonchev–Trinajstić information content (AvgIpc) is 2.52. The summed E-state index contributed by atoms with van der Waals surface area (Å²) in [5, 5.41) is 10.6. The molecule has 0 heterocycles. The van der Waals surface area contributed by atoms with E-state index in [1.165, 1.54) is 24.1 Å². The zero-order chi connectivity index (χ0) is 17.7. The van der Waals surface area contributed by atoms with Crippen LogP contribution in [-0.4, -0.2) is 10.7 Å². The summed E-state index contributed by atoms with van der Waals surface area (Å²) in [6.07, 6.45) is 9.30. The quantitative estimate of drug-likeness (QED) is 0.307. The highest BCUT2D eigenvalue weighted by Gasteiger charge is 2.32. The van der Waals surface area contributed by atoms with Crippen molar-refractivity contribution < 1.29 is 9.72 Å². The van der Waals surface area contributed by atoms with Crippen molar-refractivity contribution in [2.75, 3.05) is 0 Å². The molecule has 1 aromatic rings. The summed E-state index contributed by atoms with van der Waals surface area (Å²) in [7, 11) is 0. The van der Waals surface area contributed by atoms with Gasteiger partial charge < -0.3 is 0 Å². The second-order valence-corrected chi connectivity index (χ2v) is 7.21. The minimum absolute atomic E-state index is 0.0558. The van der Waals surface area contributed by atoms with E-state index in [-0.39, 0.29) is 16.9 Å². The number of allylic oxidation sites excluding steroid dienone is 3. The van der Waals surface area contributed by atoms with Gasteiger partial charge in [-0.05, 0) is 61.3 Å². The van der Waals surface area contributed by atoms with E-state index in [0.29, 0.717) is 12.3 Å². The Morgan fingerprint density at radius 2 is 2.00 bits per heavy atom. The summed E-state index contributed by atoms with van der Waals surface area (Å²) in [6, 6.07) is 6.20. The van der Waals surface area contributed by atoms with Crippen LogP contribution in [0.25, 0.3) is 6.08 Å². The zero-order valence-electron chi connectivity index (χ0n) is 14.6. The molecule has 0 saturated carbocycles. The van der Waals surface area contributed by atoms with Crippen molar-refractivity contribution in [3.63, 3.8) is 0 Å². The SMILES string of the molecule is CC1=CCCC(C)(C)C1CCC(=O)/C=C/c1ccc([N+](=O)[O-])cc1. The van der Waals surface area contributed by atoms with E-state index in [4.69, 9.17) is 0 Å². The van der Waals surface area contributed by atoms with Crippen molar-refractivity contribution in [3.8, 4) is 0 Å². The molecule has 24 heavy (non-hydrogen) atoms. The summed E-state index contributed by atoms with van der Waals surface area (Å²) in [6.45, 7) is 6.74. The van der Waals surface area contributed by atoms with Gasteiger partial charge in [0.05, 0.1) is 4.92 Å². The predicted molar refractivity (Wildman–Crippen MR) is 96.6 cm³/mol.